The number of nitrogens with zero attached hydrogens (tertiary/aromatic N) is 2. The van der Waals surface area contributed by atoms with E-state index in [1.807, 2.05) is 19.2 Å². The molecule has 0 saturated heterocycles. The lowest BCUT2D eigenvalue weighted by molar-refractivity contribution is 0.677. The lowest BCUT2D eigenvalue weighted by Crippen LogP contribution is -2.13. The van der Waals surface area contributed by atoms with Crippen LogP contribution in [-0.2, 0) is 13.1 Å². The van der Waals surface area contributed by atoms with Crippen molar-refractivity contribution in [3.63, 3.8) is 0 Å². The fourth-order valence-corrected chi connectivity index (χ4v) is 2.40. The van der Waals surface area contributed by atoms with E-state index < -0.39 is 0 Å². The smallest absolute Gasteiger partial charge is 0.0900 e. The highest BCUT2D eigenvalue weighted by molar-refractivity contribution is 7.11. The topological polar surface area (TPSA) is 37.8 Å². The normalized spacial score (nSPS) is 10.6. The molecule has 0 spiro atoms. The molecule has 0 unspecified atom stereocenters. The molecule has 84 valence electrons. The Morgan fingerprint density at radius 3 is 2.81 bits per heavy atom. The molecule has 2 aromatic heterocycles. The van der Waals surface area contributed by atoms with Gasteiger partial charge in [0.05, 0.1) is 10.7 Å². The molecule has 16 heavy (non-hydrogen) atoms. The van der Waals surface area contributed by atoms with Crippen LogP contribution in [0.2, 0.25) is 0 Å². The van der Waals surface area contributed by atoms with Crippen molar-refractivity contribution in [3.8, 4) is 0 Å². The van der Waals surface area contributed by atoms with Crippen molar-refractivity contribution in [1.82, 2.24) is 15.3 Å². The third-order valence-corrected chi connectivity index (χ3v) is 3.27. The molecule has 4 heteroatoms. The minimum absolute atomic E-state index is 0.824. The highest BCUT2D eigenvalue weighted by Gasteiger charge is 2.03. The summed E-state index contributed by atoms with van der Waals surface area (Å²) in [5, 5.41) is 4.51. The quantitative estimate of drug-likeness (QED) is 0.881. The lowest BCUT2D eigenvalue weighted by atomic mass is 10.3. The third-order valence-electron chi connectivity index (χ3n) is 2.34. The Balaban J connectivity index is 1.87. The molecule has 3 nitrogen and oxygen atoms in total. The van der Waals surface area contributed by atoms with Gasteiger partial charge >= 0.3 is 0 Å². The fourth-order valence-electron chi connectivity index (χ4n) is 1.56. The maximum atomic E-state index is 4.48. The number of hydrogen-bond acceptors (Lipinski definition) is 4. The van der Waals surface area contributed by atoms with Crippen LogP contribution in [0.3, 0.4) is 0 Å². The molecular formula is C12H15N3S. The third kappa shape index (κ3) is 2.87. The van der Waals surface area contributed by atoms with Crippen LogP contribution in [0.5, 0.6) is 0 Å². The number of nitrogens with one attached hydrogen (secondary N) is 1. The summed E-state index contributed by atoms with van der Waals surface area (Å²) in [5.74, 6) is 0. The molecule has 2 heterocycles. The Labute approximate surface area is 99.6 Å². The van der Waals surface area contributed by atoms with Crippen LogP contribution in [0.15, 0.2) is 24.5 Å². The highest BCUT2D eigenvalue weighted by Crippen LogP contribution is 2.15. The Kier molecular flexibility index (Phi) is 3.64. The average Bonchev–Trinajstić information content (AvgIpc) is 2.59. The van der Waals surface area contributed by atoms with E-state index in [4.69, 9.17) is 0 Å². The first-order chi connectivity index (χ1) is 7.75. The van der Waals surface area contributed by atoms with E-state index in [0.717, 1.165) is 23.8 Å². The molecule has 2 aromatic rings. The zero-order valence-electron chi connectivity index (χ0n) is 9.53. The van der Waals surface area contributed by atoms with Crippen molar-refractivity contribution >= 4 is 11.3 Å². The van der Waals surface area contributed by atoms with E-state index >= 15 is 0 Å². The molecule has 0 atom stereocenters. The van der Waals surface area contributed by atoms with E-state index in [0.29, 0.717) is 0 Å². The first-order valence-electron chi connectivity index (χ1n) is 5.28. The van der Waals surface area contributed by atoms with Crippen LogP contribution in [0.1, 0.15) is 21.1 Å². The summed E-state index contributed by atoms with van der Waals surface area (Å²) in [6, 6.07) is 4.02. The molecular weight excluding hydrogens is 218 g/mol. The number of hydrogen-bond donors (Lipinski definition) is 1. The first-order valence-corrected chi connectivity index (χ1v) is 6.10. The van der Waals surface area contributed by atoms with Gasteiger partial charge in [0.2, 0.25) is 0 Å². The van der Waals surface area contributed by atoms with E-state index in [-0.39, 0.29) is 0 Å². The van der Waals surface area contributed by atoms with E-state index in [9.17, 15) is 0 Å². The fraction of sp³-hybridized carbons (Fsp3) is 0.333. The average molecular weight is 233 g/mol. The Hall–Kier alpha value is -1.26. The maximum Gasteiger partial charge on any atom is 0.0900 e. The second-order valence-electron chi connectivity index (χ2n) is 3.70. The van der Waals surface area contributed by atoms with Gasteiger partial charge in [-0.2, -0.15) is 0 Å². The number of thiazole rings is 1. The molecule has 2 rings (SSSR count). The highest BCUT2D eigenvalue weighted by atomic mass is 32.1. The first kappa shape index (κ1) is 11.2. The zero-order valence-corrected chi connectivity index (χ0v) is 10.3. The van der Waals surface area contributed by atoms with Gasteiger partial charge in [-0.15, -0.1) is 11.3 Å². The van der Waals surface area contributed by atoms with Gasteiger partial charge in [-0.3, -0.25) is 4.98 Å². The monoisotopic (exact) mass is 233 g/mol. The lowest BCUT2D eigenvalue weighted by Gasteiger charge is -2.02. The number of rotatable bonds is 4. The molecule has 0 aliphatic heterocycles. The van der Waals surface area contributed by atoms with E-state index in [1.165, 1.54) is 10.4 Å². The molecule has 0 amide bonds. The Morgan fingerprint density at radius 1 is 1.31 bits per heavy atom. The van der Waals surface area contributed by atoms with Crippen molar-refractivity contribution in [1.29, 1.82) is 0 Å². The summed E-state index contributed by atoms with van der Waals surface area (Å²) >= 11 is 1.75. The van der Waals surface area contributed by atoms with Gasteiger partial charge in [0.25, 0.3) is 0 Å². The predicted octanol–water partition coefficient (Wildman–Crippen LogP) is 2.44. The van der Waals surface area contributed by atoms with Crippen molar-refractivity contribution in [2.24, 2.45) is 0 Å². The van der Waals surface area contributed by atoms with Gasteiger partial charge in [-0.05, 0) is 25.5 Å². The Morgan fingerprint density at radius 2 is 2.19 bits per heavy atom. The van der Waals surface area contributed by atoms with Gasteiger partial charge in [-0.25, -0.2) is 4.98 Å². The summed E-state index contributed by atoms with van der Waals surface area (Å²) in [4.78, 5) is 9.86. The molecule has 0 aliphatic carbocycles. The van der Waals surface area contributed by atoms with Gasteiger partial charge < -0.3 is 5.32 Å². The molecule has 0 fully saturated rings. The van der Waals surface area contributed by atoms with Crippen LogP contribution in [0, 0.1) is 13.8 Å². The summed E-state index contributed by atoms with van der Waals surface area (Å²) in [6.07, 6.45) is 3.67. The number of aryl methyl sites for hydroxylation is 2. The summed E-state index contributed by atoms with van der Waals surface area (Å²) < 4.78 is 0. The minimum atomic E-state index is 0.824. The van der Waals surface area contributed by atoms with Crippen molar-refractivity contribution in [2.75, 3.05) is 0 Å². The van der Waals surface area contributed by atoms with E-state index in [1.54, 1.807) is 17.5 Å². The molecule has 0 aromatic carbocycles. The standard InChI is InChI=1S/C12H15N3S/c1-9-12(15-10(2)16-9)8-14-7-11-4-3-5-13-6-11/h3-6,14H,7-8H2,1-2H3. The minimum Gasteiger partial charge on any atom is -0.307 e. The predicted molar refractivity (Wildman–Crippen MR) is 66.4 cm³/mol. The number of pyridine rings is 1. The van der Waals surface area contributed by atoms with Crippen molar-refractivity contribution < 1.29 is 0 Å². The molecule has 1 N–H and O–H groups in total. The van der Waals surface area contributed by atoms with Crippen molar-refractivity contribution in [3.05, 3.63) is 45.7 Å². The molecule has 0 radical (unpaired) electrons. The van der Waals surface area contributed by atoms with Crippen LogP contribution in [-0.4, -0.2) is 9.97 Å². The van der Waals surface area contributed by atoms with Crippen LogP contribution >= 0.6 is 11.3 Å². The van der Waals surface area contributed by atoms with Crippen LogP contribution in [0.25, 0.3) is 0 Å². The largest absolute Gasteiger partial charge is 0.307 e. The van der Waals surface area contributed by atoms with Crippen LogP contribution < -0.4 is 5.32 Å². The maximum absolute atomic E-state index is 4.48. The summed E-state index contributed by atoms with van der Waals surface area (Å²) in [6.45, 7) is 5.82. The Bertz CT molecular complexity index is 451. The second kappa shape index (κ2) is 5.18. The van der Waals surface area contributed by atoms with Gasteiger partial charge in [0, 0.05) is 30.4 Å². The van der Waals surface area contributed by atoms with Crippen LogP contribution in [0.4, 0.5) is 0 Å². The zero-order chi connectivity index (χ0) is 11.4. The number of aromatic nitrogens is 2. The van der Waals surface area contributed by atoms with E-state index in [2.05, 4.69) is 28.3 Å². The molecule has 0 aliphatic rings. The summed E-state index contributed by atoms with van der Waals surface area (Å²) in [7, 11) is 0. The SMILES string of the molecule is Cc1nc(CNCc2cccnc2)c(C)s1. The van der Waals surface area contributed by atoms with Gasteiger partial charge in [0.1, 0.15) is 0 Å². The second-order valence-corrected chi connectivity index (χ2v) is 5.11. The van der Waals surface area contributed by atoms with Gasteiger partial charge in [-0.1, -0.05) is 6.07 Å². The summed E-state index contributed by atoms with van der Waals surface area (Å²) in [5.41, 5.74) is 2.36. The van der Waals surface area contributed by atoms with Gasteiger partial charge in [0.15, 0.2) is 0 Å². The molecule has 0 saturated carbocycles. The molecule has 0 bridgehead atoms. The van der Waals surface area contributed by atoms with Crippen molar-refractivity contribution in [2.45, 2.75) is 26.9 Å².